The van der Waals surface area contributed by atoms with Gasteiger partial charge in [-0.05, 0) is 53.5 Å². The molecule has 0 aliphatic heterocycles. The van der Waals surface area contributed by atoms with E-state index in [1.54, 1.807) is 31.2 Å². The number of carboxylic acids is 1. The molecule has 0 saturated carbocycles. The molecule has 0 unspecified atom stereocenters. The third kappa shape index (κ3) is 4.48. The van der Waals surface area contributed by atoms with E-state index in [4.69, 9.17) is 28.3 Å². The molecule has 0 saturated heterocycles. The number of halogens is 2. The zero-order chi connectivity index (χ0) is 16.1. The summed E-state index contributed by atoms with van der Waals surface area (Å²) in [5.41, 5.74) is 3.45. The standard InChI is InChI=1S/C18H14Cl2O2/c1-12(11-18(21)22)10-17(13-2-6-15(19)7-3-13)14-4-8-16(20)9-5-14/h2-11H,1H3,(H,21,22). The molecule has 0 heterocycles. The number of carbonyl (C=O) groups is 1. The summed E-state index contributed by atoms with van der Waals surface area (Å²) < 4.78 is 0. The van der Waals surface area contributed by atoms with Crippen LogP contribution in [0.15, 0.2) is 66.3 Å². The number of hydrogen-bond acceptors (Lipinski definition) is 1. The minimum atomic E-state index is -0.972. The SMILES string of the molecule is CC(=CC(=O)O)C=C(c1ccc(Cl)cc1)c1ccc(Cl)cc1. The molecule has 0 aliphatic carbocycles. The van der Waals surface area contributed by atoms with Crippen molar-refractivity contribution in [1.29, 1.82) is 0 Å². The van der Waals surface area contributed by atoms with Gasteiger partial charge in [-0.15, -0.1) is 0 Å². The van der Waals surface area contributed by atoms with E-state index in [0.717, 1.165) is 16.7 Å². The summed E-state index contributed by atoms with van der Waals surface area (Å²) >= 11 is 11.9. The predicted octanol–water partition coefficient (Wildman–Crippen LogP) is 5.46. The topological polar surface area (TPSA) is 37.3 Å². The Morgan fingerprint density at radius 1 is 0.864 bits per heavy atom. The summed E-state index contributed by atoms with van der Waals surface area (Å²) in [6, 6.07) is 14.8. The molecular weight excluding hydrogens is 319 g/mol. The average molecular weight is 333 g/mol. The maximum Gasteiger partial charge on any atom is 0.328 e. The van der Waals surface area contributed by atoms with Crippen LogP contribution in [-0.4, -0.2) is 11.1 Å². The Bertz CT molecular complexity index is 679. The van der Waals surface area contributed by atoms with Crippen LogP contribution in [0.3, 0.4) is 0 Å². The van der Waals surface area contributed by atoms with E-state index >= 15 is 0 Å². The monoisotopic (exact) mass is 332 g/mol. The van der Waals surface area contributed by atoms with Crippen molar-refractivity contribution in [3.8, 4) is 0 Å². The maximum absolute atomic E-state index is 10.8. The quantitative estimate of drug-likeness (QED) is 0.596. The summed E-state index contributed by atoms with van der Waals surface area (Å²) in [7, 11) is 0. The number of aliphatic carboxylic acids is 1. The van der Waals surface area contributed by atoms with E-state index in [1.165, 1.54) is 6.08 Å². The van der Waals surface area contributed by atoms with Gasteiger partial charge in [-0.25, -0.2) is 4.79 Å². The fourth-order valence-electron chi connectivity index (χ4n) is 2.06. The van der Waals surface area contributed by atoms with Crippen LogP contribution in [0, 0.1) is 0 Å². The Hall–Kier alpha value is -2.03. The number of allylic oxidation sites excluding steroid dienone is 2. The van der Waals surface area contributed by atoms with Gasteiger partial charge in [0.25, 0.3) is 0 Å². The zero-order valence-corrected chi connectivity index (χ0v) is 13.4. The predicted molar refractivity (Wildman–Crippen MR) is 91.4 cm³/mol. The molecule has 0 amide bonds. The van der Waals surface area contributed by atoms with Crippen LogP contribution in [0.4, 0.5) is 0 Å². The first-order chi connectivity index (χ1) is 10.5. The van der Waals surface area contributed by atoms with Gasteiger partial charge in [0.05, 0.1) is 0 Å². The van der Waals surface area contributed by atoms with Crippen LogP contribution in [0.25, 0.3) is 5.57 Å². The lowest BCUT2D eigenvalue weighted by Gasteiger charge is -2.09. The minimum absolute atomic E-state index is 0.646. The Kier molecular flexibility index (Phi) is 5.42. The molecule has 2 rings (SSSR count). The van der Waals surface area contributed by atoms with Crippen LogP contribution >= 0.6 is 23.2 Å². The van der Waals surface area contributed by atoms with Gasteiger partial charge in [0.2, 0.25) is 0 Å². The van der Waals surface area contributed by atoms with Crippen molar-refractivity contribution >= 4 is 34.7 Å². The van der Waals surface area contributed by atoms with Gasteiger partial charge in [0, 0.05) is 16.1 Å². The molecule has 0 fully saturated rings. The lowest BCUT2D eigenvalue weighted by molar-refractivity contribution is -0.131. The van der Waals surface area contributed by atoms with Crippen molar-refractivity contribution in [1.82, 2.24) is 0 Å². The fraction of sp³-hybridized carbons (Fsp3) is 0.0556. The summed E-state index contributed by atoms with van der Waals surface area (Å²) in [6.45, 7) is 1.75. The highest BCUT2D eigenvalue weighted by atomic mass is 35.5. The molecule has 0 radical (unpaired) electrons. The van der Waals surface area contributed by atoms with Crippen molar-refractivity contribution in [2.24, 2.45) is 0 Å². The van der Waals surface area contributed by atoms with E-state index in [0.29, 0.717) is 15.6 Å². The molecule has 1 N–H and O–H groups in total. The normalized spacial score (nSPS) is 11.1. The summed E-state index contributed by atoms with van der Waals surface area (Å²) in [5.74, 6) is -0.972. The summed E-state index contributed by atoms with van der Waals surface area (Å²) in [6.07, 6.45) is 3.01. The molecule has 0 aromatic heterocycles. The van der Waals surface area contributed by atoms with E-state index in [2.05, 4.69) is 0 Å². The molecule has 4 heteroatoms. The Labute approximate surface area is 139 Å². The van der Waals surface area contributed by atoms with E-state index in [9.17, 15) is 4.79 Å². The van der Waals surface area contributed by atoms with Gasteiger partial charge >= 0.3 is 5.97 Å². The fourth-order valence-corrected chi connectivity index (χ4v) is 2.31. The van der Waals surface area contributed by atoms with Gasteiger partial charge < -0.3 is 5.11 Å². The molecule has 0 spiro atoms. The molecule has 2 aromatic carbocycles. The van der Waals surface area contributed by atoms with E-state index < -0.39 is 5.97 Å². The lowest BCUT2D eigenvalue weighted by Crippen LogP contribution is -1.92. The van der Waals surface area contributed by atoms with Gasteiger partial charge in [0.1, 0.15) is 0 Å². The smallest absolute Gasteiger partial charge is 0.328 e. The molecule has 2 aromatic rings. The first kappa shape index (κ1) is 16.3. The van der Waals surface area contributed by atoms with Crippen LogP contribution in [0.2, 0.25) is 10.0 Å². The molecule has 0 bridgehead atoms. The highest BCUT2D eigenvalue weighted by Crippen LogP contribution is 2.27. The highest BCUT2D eigenvalue weighted by Gasteiger charge is 2.06. The van der Waals surface area contributed by atoms with Gasteiger partial charge in [-0.1, -0.05) is 53.5 Å². The second kappa shape index (κ2) is 7.30. The Morgan fingerprint density at radius 3 is 1.64 bits per heavy atom. The third-order valence-electron chi connectivity index (χ3n) is 3.03. The minimum Gasteiger partial charge on any atom is -0.478 e. The molecule has 2 nitrogen and oxygen atoms in total. The van der Waals surface area contributed by atoms with Crippen LogP contribution in [0.5, 0.6) is 0 Å². The summed E-state index contributed by atoms with van der Waals surface area (Å²) in [4.78, 5) is 10.8. The van der Waals surface area contributed by atoms with Crippen molar-refractivity contribution in [3.63, 3.8) is 0 Å². The molecule has 0 aliphatic rings. The molecule has 112 valence electrons. The first-order valence-electron chi connectivity index (χ1n) is 6.60. The number of hydrogen-bond donors (Lipinski definition) is 1. The third-order valence-corrected chi connectivity index (χ3v) is 3.54. The van der Waals surface area contributed by atoms with Gasteiger partial charge in [0.15, 0.2) is 0 Å². The molecule has 22 heavy (non-hydrogen) atoms. The van der Waals surface area contributed by atoms with Gasteiger partial charge in [-0.3, -0.25) is 0 Å². The first-order valence-corrected chi connectivity index (χ1v) is 7.36. The average Bonchev–Trinajstić information content (AvgIpc) is 2.46. The van der Waals surface area contributed by atoms with E-state index in [1.807, 2.05) is 30.3 Å². The number of carboxylic acid groups (broad SMARTS) is 1. The van der Waals surface area contributed by atoms with Crippen molar-refractivity contribution in [3.05, 3.63) is 87.4 Å². The molecule has 0 atom stereocenters. The largest absolute Gasteiger partial charge is 0.478 e. The van der Waals surface area contributed by atoms with E-state index in [-0.39, 0.29) is 0 Å². The van der Waals surface area contributed by atoms with Crippen LogP contribution in [0.1, 0.15) is 18.1 Å². The number of benzene rings is 2. The maximum atomic E-state index is 10.8. The summed E-state index contributed by atoms with van der Waals surface area (Å²) in [5, 5.41) is 10.2. The van der Waals surface area contributed by atoms with Gasteiger partial charge in [-0.2, -0.15) is 0 Å². The Morgan fingerprint density at radius 2 is 1.27 bits per heavy atom. The molecular formula is C18H14Cl2O2. The lowest BCUT2D eigenvalue weighted by atomic mass is 9.96. The van der Waals surface area contributed by atoms with Crippen LogP contribution in [-0.2, 0) is 4.79 Å². The van der Waals surface area contributed by atoms with Crippen molar-refractivity contribution in [2.75, 3.05) is 0 Å². The second-order valence-corrected chi connectivity index (χ2v) is 5.67. The van der Waals surface area contributed by atoms with Crippen molar-refractivity contribution < 1.29 is 9.90 Å². The zero-order valence-electron chi connectivity index (χ0n) is 11.9. The van der Waals surface area contributed by atoms with Crippen LogP contribution < -0.4 is 0 Å². The highest BCUT2D eigenvalue weighted by molar-refractivity contribution is 6.31. The van der Waals surface area contributed by atoms with Crippen molar-refractivity contribution in [2.45, 2.75) is 6.92 Å². The second-order valence-electron chi connectivity index (χ2n) is 4.80. The Balaban J connectivity index is 2.53. The number of rotatable bonds is 4.